The van der Waals surface area contributed by atoms with Crippen LogP contribution in [-0.4, -0.2) is 29.3 Å². The minimum Gasteiger partial charge on any atom is -0.494 e. The van der Waals surface area contributed by atoms with Gasteiger partial charge in [-0.15, -0.1) is 0 Å². The van der Waals surface area contributed by atoms with Gasteiger partial charge in [0, 0.05) is 30.9 Å². The smallest absolute Gasteiger partial charge is 0.242 e. The molecule has 6 heteroatoms. The van der Waals surface area contributed by atoms with E-state index in [2.05, 4.69) is 15.7 Å². The van der Waals surface area contributed by atoms with Crippen molar-refractivity contribution in [1.29, 1.82) is 0 Å². The van der Waals surface area contributed by atoms with Gasteiger partial charge in [-0.1, -0.05) is 18.2 Å². The summed E-state index contributed by atoms with van der Waals surface area (Å²) in [5.74, 6) is 0.703. The van der Waals surface area contributed by atoms with E-state index in [-0.39, 0.29) is 5.91 Å². The number of hydrogen-bond donors (Lipinski definition) is 2. The number of benzene rings is 1. The number of carbonyl (C=O) groups excluding carboxylic acids is 1. The van der Waals surface area contributed by atoms with Crippen LogP contribution in [0.5, 0.6) is 5.75 Å². The Labute approximate surface area is 130 Å². The third-order valence-corrected chi connectivity index (χ3v) is 3.33. The van der Waals surface area contributed by atoms with E-state index in [9.17, 15) is 4.79 Å². The number of likely N-dealkylation sites (N-methyl/N-ethyl adjacent to an activating group) is 1. The molecule has 1 aromatic heterocycles. The van der Waals surface area contributed by atoms with Crippen LogP contribution in [0.2, 0.25) is 0 Å². The summed E-state index contributed by atoms with van der Waals surface area (Å²) in [6, 6.07) is 7.28. The van der Waals surface area contributed by atoms with Crippen LogP contribution in [-0.2, 0) is 18.4 Å². The predicted octanol–water partition coefficient (Wildman–Crippen LogP) is 1.40. The topological polar surface area (TPSA) is 68.2 Å². The Morgan fingerprint density at radius 1 is 1.41 bits per heavy atom. The van der Waals surface area contributed by atoms with Crippen molar-refractivity contribution in [3.05, 3.63) is 47.8 Å². The van der Waals surface area contributed by atoms with Crippen molar-refractivity contribution in [2.24, 2.45) is 7.05 Å². The van der Waals surface area contributed by atoms with E-state index in [4.69, 9.17) is 4.74 Å². The van der Waals surface area contributed by atoms with Gasteiger partial charge in [-0.2, -0.15) is 5.10 Å². The summed E-state index contributed by atoms with van der Waals surface area (Å²) in [5.41, 5.74) is 1.79. The first kappa shape index (κ1) is 16.0. The summed E-state index contributed by atoms with van der Waals surface area (Å²) in [6.45, 7) is 2.96. The lowest BCUT2D eigenvalue weighted by Crippen LogP contribution is -2.35. The molecule has 0 aliphatic heterocycles. The van der Waals surface area contributed by atoms with Crippen LogP contribution in [0, 0.1) is 0 Å². The number of aromatic nitrogens is 2. The minimum absolute atomic E-state index is 0.0956. The second-order valence-electron chi connectivity index (χ2n) is 4.93. The molecule has 0 radical (unpaired) electrons. The van der Waals surface area contributed by atoms with Gasteiger partial charge in [-0.05, 0) is 20.0 Å². The Hall–Kier alpha value is -2.34. The van der Waals surface area contributed by atoms with Gasteiger partial charge in [-0.25, -0.2) is 0 Å². The molecule has 0 saturated heterocycles. The van der Waals surface area contributed by atoms with Gasteiger partial charge in [0.1, 0.15) is 11.8 Å². The van der Waals surface area contributed by atoms with Gasteiger partial charge in [0.05, 0.1) is 12.8 Å². The van der Waals surface area contributed by atoms with E-state index >= 15 is 0 Å². The summed E-state index contributed by atoms with van der Waals surface area (Å²) < 4.78 is 7.24. The van der Waals surface area contributed by atoms with Crippen LogP contribution in [0.1, 0.15) is 24.1 Å². The Balaban J connectivity index is 2.02. The van der Waals surface area contributed by atoms with E-state index in [0.29, 0.717) is 13.2 Å². The van der Waals surface area contributed by atoms with Crippen molar-refractivity contribution in [2.45, 2.75) is 19.5 Å². The number of aryl methyl sites for hydroxylation is 1. The molecule has 0 saturated carbocycles. The molecule has 0 aliphatic carbocycles. The fourth-order valence-corrected chi connectivity index (χ4v) is 2.27. The molecule has 1 heterocycles. The standard InChI is InChI=1S/C16H22N4O2/c1-4-22-14-8-6-5-7-12(14)9-18-16(21)15(17-2)13-10-19-20(3)11-13/h5-8,10-11,15,17H,4,9H2,1-3H3,(H,18,21). The number of rotatable bonds is 7. The zero-order valence-corrected chi connectivity index (χ0v) is 13.2. The van der Waals surface area contributed by atoms with Gasteiger partial charge >= 0.3 is 0 Å². The Morgan fingerprint density at radius 3 is 2.82 bits per heavy atom. The highest BCUT2D eigenvalue weighted by Crippen LogP contribution is 2.18. The first-order chi connectivity index (χ1) is 10.7. The highest BCUT2D eigenvalue weighted by Gasteiger charge is 2.20. The van der Waals surface area contributed by atoms with Gasteiger partial charge < -0.3 is 15.4 Å². The number of amides is 1. The summed E-state index contributed by atoms with van der Waals surface area (Å²) in [6.07, 6.45) is 3.52. The number of ether oxygens (including phenoxy) is 1. The predicted molar refractivity (Wildman–Crippen MR) is 84.5 cm³/mol. The average molecular weight is 302 g/mol. The average Bonchev–Trinajstić information content (AvgIpc) is 2.94. The second kappa shape index (κ2) is 7.61. The zero-order valence-electron chi connectivity index (χ0n) is 13.2. The number of carbonyl (C=O) groups is 1. The Bertz CT molecular complexity index is 624. The molecule has 1 aromatic carbocycles. The lowest BCUT2D eigenvalue weighted by Gasteiger charge is -2.16. The van der Waals surface area contributed by atoms with Gasteiger partial charge in [0.25, 0.3) is 0 Å². The first-order valence-corrected chi connectivity index (χ1v) is 7.30. The van der Waals surface area contributed by atoms with Gasteiger partial charge in [-0.3, -0.25) is 9.48 Å². The maximum Gasteiger partial charge on any atom is 0.242 e. The van der Waals surface area contributed by atoms with Crippen molar-refractivity contribution in [3.63, 3.8) is 0 Å². The molecular weight excluding hydrogens is 280 g/mol. The number of nitrogens with zero attached hydrogens (tertiary/aromatic N) is 2. The third-order valence-electron chi connectivity index (χ3n) is 3.33. The SMILES string of the molecule is CCOc1ccccc1CNC(=O)C(NC)c1cnn(C)c1. The molecule has 1 atom stereocenters. The van der Waals surface area contributed by atoms with E-state index < -0.39 is 6.04 Å². The van der Waals surface area contributed by atoms with E-state index in [1.165, 1.54) is 0 Å². The molecule has 0 spiro atoms. The van der Waals surface area contributed by atoms with Crippen LogP contribution in [0.4, 0.5) is 0 Å². The van der Waals surface area contributed by atoms with Crippen LogP contribution in [0.3, 0.4) is 0 Å². The van der Waals surface area contributed by atoms with Crippen LogP contribution < -0.4 is 15.4 Å². The third kappa shape index (κ3) is 3.85. The molecule has 0 aliphatic rings. The van der Waals surface area contributed by atoms with Crippen LogP contribution in [0.25, 0.3) is 0 Å². The Kier molecular flexibility index (Phi) is 5.55. The van der Waals surface area contributed by atoms with E-state index in [0.717, 1.165) is 16.9 Å². The molecule has 1 unspecified atom stereocenters. The quantitative estimate of drug-likeness (QED) is 0.811. The Morgan fingerprint density at radius 2 is 2.18 bits per heavy atom. The van der Waals surface area contributed by atoms with E-state index in [1.54, 1.807) is 17.9 Å². The lowest BCUT2D eigenvalue weighted by molar-refractivity contribution is -0.123. The molecule has 2 rings (SSSR count). The molecule has 2 aromatic rings. The normalized spacial score (nSPS) is 12.0. The summed E-state index contributed by atoms with van der Waals surface area (Å²) >= 11 is 0. The molecule has 118 valence electrons. The number of hydrogen-bond acceptors (Lipinski definition) is 4. The highest BCUT2D eigenvalue weighted by molar-refractivity contribution is 5.83. The summed E-state index contributed by atoms with van der Waals surface area (Å²) in [5, 5.41) is 10.1. The summed E-state index contributed by atoms with van der Waals surface area (Å²) in [7, 11) is 3.58. The molecule has 6 nitrogen and oxygen atoms in total. The first-order valence-electron chi connectivity index (χ1n) is 7.30. The summed E-state index contributed by atoms with van der Waals surface area (Å²) in [4.78, 5) is 12.4. The second-order valence-corrected chi connectivity index (χ2v) is 4.93. The number of nitrogens with one attached hydrogen (secondary N) is 2. The highest BCUT2D eigenvalue weighted by atomic mass is 16.5. The zero-order chi connectivity index (χ0) is 15.9. The van der Waals surface area contributed by atoms with Crippen LogP contribution in [0.15, 0.2) is 36.7 Å². The van der Waals surface area contributed by atoms with Crippen LogP contribution >= 0.6 is 0 Å². The van der Waals surface area contributed by atoms with Crippen molar-refractivity contribution in [2.75, 3.05) is 13.7 Å². The largest absolute Gasteiger partial charge is 0.494 e. The fourth-order valence-electron chi connectivity index (χ4n) is 2.27. The molecule has 2 N–H and O–H groups in total. The maximum atomic E-state index is 12.4. The van der Waals surface area contributed by atoms with Crippen molar-refractivity contribution >= 4 is 5.91 Å². The number of para-hydroxylation sites is 1. The fraction of sp³-hybridized carbons (Fsp3) is 0.375. The van der Waals surface area contributed by atoms with E-state index in [1.807, 2.05) is 44.4 Å². The van der Waals surface area contributed by atoms with Gasteiger partial charge in [0.2, 0.25) is 5.91 Å². The molecule has 1 amide bonds. The maximum absolute atomic E-state index is 12.4. The van der Waals surface area contributed by atoms with Crippen molar-refractivity contribution < 1.29 is 9.53 Å². The molecule has 0 bridgehead atoms. The molecular formula is C16H22N4O2. The minimum atomic E-state index is -0.423. The molecule has 22 heavy (non-hydrogen) atoms. The van der Waals surface area contributed by atoms with Crippen molar-refractivity contribution in [1.82, 2.24) is 20.4 Å². The molecule has 0 fully saturated rings. The van der Waals surface area contributed by atoms with Gasteiger partial charge in [0.15, 0.2) is 0 Å². The van der Waals surface area contributed by atoms with Crippen molar-refractivity contribution in [3.8, 4) is 5.75 Å². The monoisotopic (exact) mass is 302 g/mol. The lowest BCUT2D eigenvalue weighted by atomic mass is 10.1.